The van der Waals surface area contributed by atoms with Gasteiger partial charge in [-0.3, -0.25) is 4.79 Å². The molecule has 2 heterocycles. The maximum atomic E-state index is 12.1. The zero-order chi connectivity index (χ0) is 15.7. The third kappa shape index (κ3) is 3.12. The summed E-state index contributed by atoms with van der Waals surface area (Å²) in [6, 6.07) is 2.46. The lowest BCUT2D eigenvalue weighted by atomic mass is 9.98. The minimum Gasteiger partial charge on any atom is -0.337 e. The Hall–Kier alpha value is -1.94. The quantitative estimate of drug-likeness (QED) is 0.815. The molecule has 1 amide bonds. The number of rotatable bonds is 5. The lowest BCUT2D eigenvalue weighted by molar-refractivity contribution is -0.121. The van der Waals surface area contributed by atoms with Gasteiger partial charge in [-0.05, 0) is 39.0 Å². The summed E-state index contributed by atoms with van der Waals surface area (Å²) in [7, 11) is 0. The van der Waals surface area contributed by atoms with Crippen LogP contribution in [0.5, 0.6) is 0 Å². The van der Waals surface area contributed by atoms with Gasteiger partial charge in [0.15, 0.2) is 0 Å². The molecule has 3 rings (SSSR count). The van der Waals surface area contributed by atoms with Gasteiger partial charge in [-0.1, -0.05) is 0 Å². The van der Waals surface area contributed by atoms with Gasteiger partial charge in [-0.2, -0.15) is 10.4 Å². The van der Waals surface area contributed by atoms with Crippen LogP contribution in [-0.4, -0.2) is 38.8 Å². The van der Waals surface area contributed by atoms with E-state index in [1.165, 1.54) is 0 Å². The molecule has 0 aromatic carbocycles. The van der Waals surface area contributed by atoms with Gasteiger partial charge in [-0.15, -0.1) is 0 Å². The number of carbonyl (C=O) groups excluding carboxylic acids is 1. The maximum Gasteiger partial charge on any atom is 0.235 e. The van der Waals surface area contributed by atoms with Gasteiger partial charge in [-0.25, -0.2) is 9.67 Å². The van der Waals surface area contributed by atoms with Crippen LogP contribution in [0.25, 0.3) is 0 Å². The van der Waals surface area contributed by atoms with Crippen molar-refractivity contribution in [2.45, 2.75) is 57.7 Å². The molecule has 1 aromatic rings. The molecule has 1 aliphatic heterocycles. The van der Waals surface area contributed by atoms with Gasteiger partial charge in [0, 0.05) is 12.5 Å². The molecule has 22 heavy (non-hydrogen) atoms. The maximum absolute atomic E-state index is 12.1. The summed E-state index contributed by atoms with van der Waals surface area (Å²) in [5.74, 6) is 2.00. The number of hydrogen-bond acceptors (Lipinski definition) is 5. The predicted molar refractivity (Wildman–Crippen MR) is 79.8 cm³/mol. The molecule has 7 nitrogen and oxygen atoms in total. The summed E-state index contributed by atoms with van der Waals surface area (Å²) >= 11 is 0. The number of carbonyl (C=O) groups is 1. The zero-order valence-corrected chi connectivity index (χ0v) is 13.1. The van der Waals surface area contributed by atoms with Gasteiger partial charge in [0.1, 0.15) is 17.2 Å². The summed E-state index contributed by atoms with van der Waals surface area (Å²) in [6.07, 6.45) is 3.87. The van der Waals surface area contributed by atoms with E-state index < -0.39 is 5.54 Å². The summed E-state index contributed by atoms with van der Waals surface area (Å²) in [6.45, 7) is 4.68. The molecule has 118 valence electrons. The molecule has 0 radical (unpaired) electrons. The number of nitrogens with one attached hydrogen (secondary N) is 2. The van der Waals surface area contributed by atoms with Gasteiger partial charge in [0.25, 0.3) is 0 Å². The number of aryl methyl sites for hydroxylation is 2. The number of fused-ring (bicyclic) bond motifs is 1. The van der Waals surface area contributed by atoms with Crippen LogP contribution >= 0.6 is 0 Å². The highest BCUT2D eigenvalue weighted by atomic mass is 16.2. The van der Waals surface area contributed by atoms with Gasteiger partial charge in [0.05, 0.1) is 19.2 Å². The molecule has 2 aliphatic rings. The Morgan fingerprint density at radius 2 is 2.27 bits per heavy atom. The van der Waals surface area contributed by atoms with E-state index >= 15 is 0 Å². The molecule has 1 saturated carbocycles. The van der Waals surface area contributed by atoms with E-state index in [4.69, 9.17) is 0 Å². The minimum atomic E-state index is -0.721. The van der Waals surface area contributed by atoms with Crippen molar-refractivity contribution < 1.29 is 4.79 Å². The number of amides is 1. The standard InChI is InChI=1S/C15H22N6O/c1-10-18-13-6-5-12(8-21(13)20-10)17-7-14(22)19-15(2,9-16)11-3-4-11/h11-12,17H,3-8H2,1-2H3,(H,19,22)/t12-,15+/m0/s1. The summed E-state index contributed by atoms with van der Waals surface area (Å²) in [5.41, 5.74) is -0.721. The van der Waals surface area contributed by atoms with Crippen molar-refractivity contribution >= 4 is 5.91 Å². The normalized spacial score (nSPS) is 23.2. The van der Waals surface area contributed by atoms with E-state index in [-0.39, 0.29) is 18.5 Å². The van der Waals surface area contributed by atoms with Gasteiger partial charge < -0.3 is 10.6 Å². The number of nitrogens with zero attached hydrogens (tertiary/aromatic N) is 4. The first-order chi connectivity index (χ1) is 10.5. The average molecular weight is 302 g/mol. The Labute approximate surface area is 130 Å². The van der Waals surface area contributed by atoms with Crippen LogP contribution in [-0.2, 0) is 17.8 Å². The van der Waals surface area contributed by atoms with E-state index in [1.807, 2.05) is 18.5 Å². The second-order valence-electron chi connectivity index (χ2n) is 6.51. The monoisotopic (exact) mass is 302 g/mol. The predicted octanol–water partition coefficient (Wildman–Crippen LogP) is 0.299. The van der Waals surface area contributed by atoms with Crippen molar-refractivity contribution in [3.05, 3.63) is 11.6 Å². The zero-order valence-electron chi connectivity index (χ0n) is 13.1. The van der Waals surface area contributed by atoms with Crippen LogP contribution in [0.2, 0.25) is 0 Å². The van der Waals surface area contributed by atoms with Crippen LogP contribution in [0, 0.1) is 24.2 Å². The van der Waals surface area contributed by atoms with Crippen LogP contribution in [0.1, 0.15) is 37.8 Å². The number of nitriles is 1. The first-order valence-electron chi connectivity index (χ1n) is 7.86. The Morgan fingerprint density at radius 3 is 2.95 bits per heavy atom. The molecule has 1 fully saturated rings. The van der Waals surface area contributed by atoms with Crippen molar-refractivity contribution in [3.8, 4) is 6.07 Å². The van der Waals surface area contributed by atoms with E-state index in [1.54, 1.807) is 0 Å². The third-order valence-electron chi connectivity index (χ3n) is 4.54. The van der Waals surface area contributed by atoms with Gasteiger partial charge >= 0.3 is 0 Å². The smallest absolute Gasteiger partial charge is 0.235 e. The topological polar surface area (TPSA) is 95.6 Å². The Kier molecular flexibility index (Phi) is 3.87. The molecule has 1 aromatic heterocycles. The fraction of sp³-hybridized carbons (Fsp3) is 0.733. The third-order valence-corrected chi connectivity index (χ3v) is 4.54. The first-order valence-corrected chi connectivity index (χ1v) is 7.86. The van der Waals surface area contributed by atoms with Crippen molar-refractivity contribution in [3.63, 3.8) is 0 Å². The fourth-order valence-corrected chi connectivity index (χ4v) is 3.05. The first kappa shape index (κ1) is 15.0. The average Bonchev–Trinajstić information content (AvgIpc) is 3.27. The van der Waals surface area contributed by atoms with Crippen LogP contribution in [0.15, 0.2) is 0 Å². The lowest BCUT2D eigenvalue weighted by Gasteiger charge is -2.26. The van der Waals surface area contributed by atoms with E-state index in [0.717, 1.165) is 43.9 Å². The molecular weight excluding hydrogens is 280 g/mol. The molecule has 2 N–H and O–H groups in total. The second kappa shape index (κ2) is 5.69. The van der Waals surface area contributed by atoms with E-state index in [2.05, 4.69) is 26.8 Å². The molecular formula is C15H22N6O. The SMILES string of the molecule is Cc1nc2n(n1)C[C@@H](NCC(=O)N[C@](C)(C#N)C1CC1)CC2. The number of aromatic nitrogens is 3. The molecule has 0 unspecified atom stereocenters. The lowest BCUT2D eigenvalue weighted by Crippen LogP contribution is -2.51. The second-order valence-corrected chi connectivity index (χ2v) is 6.51. The van der Waals surface area contributed by atoms with Crippen molar-refractivity contribution in [2.24, 2.45) is 5.92 Å². The highest BCUT2D eigenvalue weighted by molar-refractivity contribution is 5.79. The van der Waals surface area contributed by atoms with Crippen molar-refractivity contribution in [1.29, 1.82) is 5.26 Å². The molecule has 2 atom stereocenters. The largest absolute Gasteiger partial charge is 0.337 e. The van der Waals surface area contributed by atoms with Crippen LogP contribution in [0.4, 0.5) is 0 Å². The molecule has 1 aliphatic carbocycles. The molecule has 0 saturated heterocycles. The Bertz CT molecular complexity index is 614. The Balaban J connectivity index is 1.49. The summed E-state index contributed by atoms with van der Waals surface area (Å²) in [5, 5.41) is 19.8. The van der Waals surface area contributed by atoms with Crippen molar-refractivity contribution in [2.75, 3.05) is 6.54 Å². The summed E-state index contributed by atoms with van der Waals surface area (Å²) in [4.78, 5) is 16.5. The fourth-order valence-electron chi connectivity index (χ4n) is 3.05. The highest BCUT2D eigenvalue weighted by Crippen LogP contribution is 2.39. The van der Waals surface area contributed by atoms with Gasteiger partial charge in [0.2, 0.25) is 5.91 Å². The summed E-state index contributed by atoms with van der Waals surface area (Å²) < 4.78 is 1.91. The van der Waals surface area contributed by atoms with Crippen molar-refractivity contribution in [1.82, 2.24) is 25.4 Å². The Morgan fingerprint density at radius 1 is 1.50 bits per heavy atom. The van der Waals surface area contributed by atoms with E-state index in [9.17, 15) is 10.1 Å². The minimum absolute atomic E-state index is 0.114. The molecule has 0 bridgehead atoms. The molecule has 0 spiro atoms. The van der Waals surface area contributed by atoms with E-state index in [0.29, 0.717) is 5.92 Å². The van der Waals surface area contributed by atoms with Crippen LogP contribution in [0.3, 0.4) is 0 Å². The van der Waals surface area contributed by atoms with Crippen LogP contribution < -0.4 is 10.6 Å². The number of hydrogen-bond donors (Lipinski definition) is 2. The highest BCUT2D eigenvalue weighted by Gasteiger charge is 2.42. The molecule has 7 heteroatoms.